The van der Waals surface area contributed by atoms with E-state index in [9.17, 15) is 13.2 Å². The smallest absolute Gasteiger partial charge is 0.251 e. The molecule has 0 bridgehead atoms. The molecule has 3 aromatic carbocycles. The molecule has 138 valence electrons. The van der Waals surface area contributed by atoms with Gasteiger partial charge in [-0.05, 0) is 47.9 Å². The first-order valence-corrected chi connectivity index (χ1v) is 10.5. The van der Waals surface area contributed by atoms with Gasteiger partial charge in [-0.3, -0.25) is 4.79 Å². The zero-order valence-electron chi connectivity index (χ0n) is 15.2. The molecule has 0 aliphatic carbocycles. The van der Waals surface area contributed by atoms with Crippen molar-refractivity contribution in [3.05, 3.63) is 90.0 Å². The average molecular weight is 379 g/mol. The molecule has 0 aromatic heterocycles. The second-order valence-electron chi connectivity index (χ2n) is 6.48. The highest BCUT2D eigenvalue weighted by molar-refractivity contribution is 7.90. The quantitative estimate of drug-likeness (QED) is 0.721. The van der Waals surface area contributed by atoms with E-state index in [4.69, 9.17) is 0 Å². The van der Waals surface area contributed by atoms with Crippen molar-refractivity contribution in [2.24, 2.45) is 0 Å². The normalized spacial score (nSPS) is 12.4. The lowest BCUT2D eigenvalue weighted by Gasteiger charge is -2.15. The third kappa shape index (κ3) is 4.63. The number of carbonyl (C=O) groups is 1. The van der Waals surface area contributed by atoms with Gasteiger partial charge in [0.2, 0.25) is 0 Å². The van der Waals surface area contributed by atoms with Crippen molar-refractivity contribution in [3.63, 3.8) is 0 Å². The van der Waals surface area contributed by atoms with Gasteiger partial charge in [0.25, 0.3) is 5.91 Å². The highest BCUT2D eigenvalue weighted by Crippen LogP contribution is 2.20. The van der Waals surface area contributed by atoms with E-state index in [-0.39, 0.29) is 16.8 Å². The molecule has 3 rings (SSSR count). The van der Waals surface area contributed by atoms with Crippen LogP contribution in [0.5, 0.6) is 0 Å². The highest BCUT2D eigenvalue weighted by atomic mass is 32.2. The van der Waals surface area contributed by atoms with Gasteiger partial charge < -0.3 is 5.32 Å². The summed E-state index contributed by atoms with van der Waals surface area (Å²) in [4.78, 5) is 12.8. The van der Waals surface area contributed by atoms with Crippen LogP contribution in [0.3, 0.4) is 0 Å². The number of hydrogen-bond acceptors (Lipinski definition) is 3. The number of nitrogens with one attached hydrogen (secondary N) is 1. The van der Waals surface area contributed by atoms with Crippen LogP contribution in [0, 0.1) is 0 Å². The molecule has 1 N–H and O–H groups in total. The van der Waals surface area contributed by atoms with Gasteiger partial charge in [0.1, 0.15) is 0 Å². The van der Waals surface area contributed by atoms with E-state index >= 15 is 0 Å². The lowest BCUT2D eigenvalue weighted by Crippen LogP contribution is -2.26. The lowest BCUT2D eigenvalue weighted by atomic mass is 10.0. The van der Waals surface area contributed by atoms with Crippen LogP contribution in [-0.2, 0) is 9.84 Å². The fourth-order valence-corrected chi connectivity index (χ4v) is 3.44. The Balaban J connectivity index is 1.69. The molecule has 0 spiro atoms. The Labute approximate surface area is 159 Å². The first-order valence-electron chi connectivity index (χ1n) is 8.61. The second kappa shape index (κ2) is 7.76. The number of rotatable bonds is 5. The van der Waals surface area contributed by atoms with Crippen LogP contribution in [-0.4, -0.2) is 20.6 Å². The van der Waals surface area contributed by atoms with Crippen LogP contribution in [0.1, 0.15) is 28.9 Å². The van der Waals surface area contributed by atoms with Crippen molar-refractivity contribution < 1.29 is 13.2 Å². The van der Waals surface area contributed by atoms with Gasteiger partial charge >= 0.3 is 0 Å². The van der Waals surface area contributed by atoms with Crippen LogP contribution < -0.4 is 5.32 Å². The summed E-state index contributed by atoms with van der Waals surface area (Å²) >= 11 is 0. The summed E-state index contributed by atoms with van der Waals surface area (Å²) in [7, 11) is -3.23. The van der Waals surface area contributed by atoms with E-state index in [1.807, 2.05) is 49.4 Å². The zero-order valence-corrected chi connectivity index (χ0v) is 16.0. The van der Waals surface area contributed by atoms with E-state index in [2.05, 4.69) is 5.32 Å². The standard InChI is InChI=1S/C22H21NO3S/c1-16(17-12-14-21(15-13-17)27(2,25)26)23-22(24)20-10-8-19(9-11-20)18-6-4-3-5-7-18/h3-16H,1-2H3,(H,23,24)/t16-/m0/s1. The predicted molar refractivity (Wildman–Crippen MR) is 107 cm³/mol. The van der Waals surface area contributed by atoms with Crippen molar-refractivity contribution in [1.82, 2.24) is 5.32 Å². The highest BCUT2D eigenvalue weighted by Gasteiger charge is 2.13. The summed E-state index contributed by atoms with van der Waals surface area (Å²) in [6.45, 7) is 1.87. The molecule has 0 saturated carbocycles. The Morgan fingerprint density at radius 3 is 1.93 bits per heavy atom. The Morgan fingerprint density at radius 2 is 1.37 bits per heavy atom. The maximum atomic E-state index is 12.5. The molecule has 0 unspecified atom stereocenters. The molecule has 0 heterocycles. The molecule has 3 aromatic rings. The van der Waals surface area contributed by atoms with E-state index in [0.717, 1.165) is 16.7 Å². The van der Waals surface area contributed by atoms with Crippen LogP contribution in [0.4, 0.5) is 0 Å². The maximum Gasteiger partial charge on any atom is 0.251 e. The van der Waals surface area contributed by atoms with Gasteiger partial charge in [0, 0.05) is 11.8 Å². The number of carbonyl (C=O) groups excluding carboxylic acids is 1. The average Bonchev–Trinajstić information content (AvgIpc) is 2.68. The zero-order chi connectivity index (χ0) is 19.4. The van der Waals surface area contributed by atoms with E-state index < -0.39 is 9.84 Å². The summed E-state index contributed by atoms with van der Waals surface area (Å²) in [6.07, 6.45) is 1.17. The Kier molecular flexibility index (Phi) is 5.42. The van der Waals surface area contributed by atoms with Gasteiger partial charge in [-0.25, -0.2) is 8.42 Å². The second-order valence-corrected chi connectivity index (χ2v) is 8.50. The van der Waals surface area contributed by atoms with Crippen LogP contribution >= 0.6 is 0 Å². The van der Waals surface area contributed by atoms with Crippen LogP contribution in [0.15, 0.2) is 83.8 Å². The fraction of sp³-hybridized carbons (Fsp3) is 0.136. The number of amides is 1. The fourth-order valence-electron chi connectivity index (χ4n) is 2.81. The van der Waals surface area contributed by atoms with Crippen molar-refractivity contribution in [2.75, 3.05) is 6.26 Å². The predicted octanol–water partition coefficient (Wildman–Crippen LogP) is 4.25. The lowest BCUT2D eigenvalue weighted by molar-refractivity contribution is 0.0940. The van der Waals surface area contributed by atoms with E-state index in [1.165, 1.54) is 6.26 Å². The van der Waals surface area contributed by atoms with Gasteiger partial charge in [0.05, 0.1) is 10.9 Å². The Morgan fingerprint density at radius 1 is 0.815 bits per heavy atom. The first kappa shape index (κ1) is 18.9. The summed E-state index contributed by atoms with van der Waals surface area (Å²) < 4.78 is 23.1. The molecule has 0 fully saturated rings. The molecule has 5 heteroatoms. The molecule has 0 aliphatic rings. The minimum Gasteiger partial charge on any atom is -0.346 e. The number of hydrogen-bond donors (Lipinski definition) is 1. The molecule has 0 radical (unpaired) electrons. The van der Waals surface area contributed by atoms with Crippen molar-refractivity contribution in [3.8, 4) is 11.1 Å². The molecule has 1 atom stereocenters. The molecule has 4 nitrogen and oxygen atoms in total. The summed E-state index contributed by atoms with van der Waals surface area (Å²) in [5, 5.41) is 2.94. The molecular weight excluding hydrogens is 358 g/mol. The monoisotopic (exact) mass is 379 g/mol. The minimum absolute atomic E-state index is 0.172. The molecule has 0 aliphatic heterocycles. The maximum absolute atomic E-state index is 12.5. The van der Waals surface area contributed by atoms with Gasteiger partial charge in [-0.15, -0.1) is 0 Å². The third-order valence-electron chi connectivity index (χ3n) is 4.41. The van der Waals surface area contributed by atoms with E-state index in [0.29, 0.717) is 5.56 Å². The molecule has 0 saturated heterocycles. The van der Waals surface area contributed by atoms with Crippen molar-refractivity contribution in [1.29, 1.82) is 0 Å². The minimum atomic E-state index is -3.23. The SMILES string of the molecule is C[C@H](NC(=O)c1ccc(-c2ccccc2)cc1)c1ccc(S(C)(=O)=O)cc1. The third-order valence-corrected chi connectivity index (χ3v) is 5.54. The van der Waals surface area contributed by atoms with Gasteiger partial charge in [0.15, 0.2) is 9.84 Å². The summed E-state index contributed by atoms with van der Waals surface area (Å²) in [5.74, 6) is -0.172. The van der Waals surface area contributed by atoms with Crippen molar-refractivity contribution in [2.45, 2.75) is 17.9 Å². The van der Waals surface area contributed by atoms with Gasteiger partial charge in [-0.1, -0.05) is 54.6 Å². The molecule has 1 amide bonds. The van der Waals surface area contributed by atoms with E-state index in [1.54, 1.807) is 36.4 Å². The largest absolute Gasteiger partial charge is 0.346 e. The molecular formula is C22H21NO3S. The first-order chi connectivity index (χ1) is 12.8. The number of sulfone groups is 1. The number of benzene rings is 3. The Bertz CT molecular complexity index is 1030. The molecule has 27 heavy (non-hydrogen) atoms. The summed E-state index contributed by atoms with van der Waals surface area (Å²) in [6, 6.07) is 23.8. The topological polar surface area (TPSA) is 63.2 Å². The van der Waals surface area contributed by atoms with Crippen LogP contribution in [0.2, 0.25) is 0 Å². The van der Waals surface area contributed by atoms with Crippen molar-refractivity contribution >= 4 is 15.7 Å². The summed E-state index contributed by atoms with van der Waals surface area (Å²) in [5.41, 5.74) is 3.58. The Hall–Kier alpha value is -2.92. The van der Waals surface area contributed by atoms with Gasteiger partial charge in [-0.2, -0.15) is 0 Å². The van der Waals surface area contributed by atoms with Crippen LogP contribution in [0.25, 0.3) is 11.1 Å².